The van der Waals surface area contributed by atoms with Crippen LogP contribution in [0.25, 0.3) is 0 Å². The second kappa shape index (κ2) is 8.22. The molecule has 1 amide bonds. The van der Waals surface area contributed by atoms with Crippen LogP contribution < -0.4 is 14.8 Å². The van der Waals surface area contributed by atoms with Crippen LogP contribution in [0.5, 0.6) is 11.5 Å². The number of nitrogens with one attached hydrogen (secondary N) is 1. The zero-order valence-corrected chi connectivity index (χ0v) is 13.8. The largest absolute Gasteiger partial charge is 0.490 e. The highest BCUT2D eigenvalue weighted by atomic mass is 16.5. The number of amides is 1. The lowest BCUT2D eigenvalue weighted by atomic mass is 10.2. The predicted molar refractivity (Wildman–Crippen MR) is 89.2 cm³/mol. The van der Waals surface area contributed by atoms with Crippen LogP contribution in [0.15, 0.2) is 30.5 Å². The Bertz CT molecular complexity index is 652. The highest BCUT2D eigenvalue weighted by Crippen LogP contribution is 2.29. The summed E-state index contributed by atoms with van der Waals surface area (Å²) in [6, 6.07) is 6.94. The van der Waals surface area contributed by atoms with E-state index in [0.717, 1.165) is 12.8 Å². The van der Waals surface area contributed by atoms with Crippen LogP contribution in [0.1, 0.15) is 37.0 Å². The van der Waals surface area contributed by atoms with E-state index < -0.39 is 0 Å². The number of rotatable bonds is 8. The van der Waals surface area contributed by atoms with Crippen molar-refractivity contribution in [3.63, 3.8) is 0 Å². The van der Waals surface area contributed by atoms with Gasteiger partial charge in [-0.3, -0.25) is 9.48 Å². The quantitative estimate of drug-likeness (QED) is 0.811. The molecule has 1 N–H and O–H groups in total. The van der Waals surface area contributed by atoms with Gasteiger partial charge in [-0.05, 0) is 31.0 Å². The Kier molecular flexibility index (Phi) is 6.02. The summed E-state index contributed by atoms with van der Waals surface area (Å²) in [6.45, 7) is 5.27. The first-order valence-electron chi connectivity index (χ1n) is 7.84. The van der Waals surface area contributed by atoms with Crippen molar-refractivity contribution in [2.45, 2.75) is 26.7 Å². The first kappa shape index (κ1) is 16.9. The molecule has 0 spiro atoms. The van der Waals surface area contributed by atoms with Gasteiger partial charge in [0.1, 0.15) is 0 Å². The lowest BCUT2D eigenvalue weighted by Crippen LogP contribution is -2.13. The number of aromatic nitrogens is 2. The minimum absolute atomic E-state index is 0.230. The van der Waals surface area contributed by atoms with E-state index in [-0.39, 0.29) is 5.91 Å². The number of hydrogen-bond acceptors (Lipinski definition) is 4. The van der Waals surface area contributed by atoms with Gasteiger partial charge in [-0.1, -0.05) is 13.8 Å². The summed E-state index contributed by atoms with van der Waals surface area (Å²) in [4.78, 5) is 12.3. The number of ether oxygens (including phenoxy) is 2. The third kappa shape index (κ3) is 4.74. The Hall–Kier alpha value is -2.50. The van der Waals surface area contributed by atoms with Gasteiger partial charge in [0.15, 0.2) is 17.3 Å². The maximum Gasteiger partial charge on any atom is 0.257 e. The molecule has 0 aliphatic rings. The second-order valence-electron chi connectivity index (χ2n) is 5.19. The Balaban J connectivity index is 2.15. The molecule has 124 valence electrons. The van der Waals surface area contributed by atoms with Crippen LogP contribution in [0.2, 0.25) is 0 Å². The maximum atomic E-state index is 12.3. The summed E-state index contributed by atoms with van der Waals surface area (Å²) in [5.74, 6) is 1.54. The van der Waals surface area contributed by atoms with Gasteiger partial charge in [0.2, 0.25) is 0 Å². The third-order valence-electron chi connectivity index (χ3n) is 3.08. The molecular formula is C17H23N3O3. The van der Waals surface area contributed by atoms with Crippen LogP contribution in [0.3, 0.4) is 0 Å². The van der Waals surface area contributed by atoms with E-state index in [1.54, 1.807) is 42.2 Å². The summed E-state index contributed by atoms with van der Waals surface area (Å²) in [7, 11) is 1.80. The molecule has 23 heavy (non-hydrogen) atoms. The summed E-state index contributed by atoms with van der Waals surface area (Å²) in [5, 5.41) is 6.89. The fourth-order valence-electron chi connectivity index (χ4n) is 1.98. The molecule has 0 atom stereocenters. The van der Waals surface area contributed by atoms with Crippen molar-refractivity contribution in [1.29, 1.82) is 0 Å². The van der Waals surface area contributed by atoms with Crippen LogP contribution in [-0.2, 0) is 7.05 Å². The standard InChI is InChI=1S/C17H23N3O3/c1-4-10-22-14-7-6-13(12-15(14)23-11-5-2)17(21)18-16-8-9-20(3)19-16/h6-9,12H,4-5,10-11H2,1-3H3,(H,18,19,21). The molecule has 0 aliphatic heterocycles. The molecule has 0 saturated carbocycles. The van der Waals surface area contributed by atoms with E-state index in [1.165, 1.54) is 0 Å². The van der Waals surface area contributed by atoms with Crippen molar-refractivity contribution in [3.8, 4) is 11.5 Å². The Morgan fingerprint density at radius 3 is 2.43 bits per heavy atom. The van der Waals surface area contributed by atoms with Crippen LogP contribution in [0.4, 0.5) is 5.82 Å². The van der Waals surface area contributed by atoms with E-state index >= 15 is 0 Å². The average Bonchev–Trinajstić information content (AvgIpc) is 2.96. The van der Waals surface area contributed by atoms with Crippen molar-refractivity contribution < 1.29 is 14.3 Å². The number of benzene rings is 1. The fraction of sp³-hybridized carbons (Fsp3) is 0.412. The molecule has 1 aromatic carbocycles. The molecule has 0 unspecified atom stereocenters. The van der Waals surface area contributed by atoms with Crippen LogP contribution in [0, 0.1) is 0 Å². The minimum Gasteiger partial charge on any atom is -0.490 e. The topological polar surface area (TPSA) is 65.4 Å². The summed E-state index contributed by atoms with van der Waals surface area (Å²) in [5.41, 5.74) is 0.505. The minimum atomic E-state index is -0.230. The number of carbonyl (C=O) groups excluding carboxylic acids is 1. The number of aryl methyl sites for hydroxylation is 1. The van der Waals surface area contributed by atoms with Gasteiger partial charge >= 0.3 is 0 Å². The molecule has 6 heteroatoms. The van der Waals surface area contributed by atoms with Gasteiger partial charge in [-0.25, -0.2) is 0 Å². The zero-order valence-electron chi connectivity index (χ0n) is 13.8. The van der Waals surface area contributed by atoms with E-state index in [9.17, 15) is 4.79 Å². The highest BCUT2D eigenvalue weighted by molar-refractivity contribution is 6.04. The van der Waals surface area contributed by atoms with Gasteiger partial charge in [-0.15, -0.1) is 0 Å². The lowest BCUT2D eigenvalue weighted by Gasteiger charge is -2.13. The van der Waals surface area contributed by atoms with Crippen molar-refractivity contribution in [1.82, 2.24) is 9.78 Å². The molecule has 1 heterocycles. The second-order valence-corrected chi connectivity index (χ2v) is 5.19. The molecule has 0 aliphatic carbocycles. The number of nitrogens with zero attached hydrogens (tertiary/aromatic N) is 2. The van der Waals surface area contributed by atoms with E-state index in [2.05, 4.69) is 10.4 Å². The third-order valence-corrected chi connectivity index (χ3v) is 3.08. The number of anilines is 1. The predicted octanol–water partition coefficient (Wildman–Crippen LogP) is 3.25. The summed E-state index contributed by atoms with van der Waals surface area (Å²) < 4.78 is 13.0. The monoisotopic (exact) mass is 317 g/mol. The van der Waals surface area contributed by atoms with Gasteiger partial charge in [0.25, 0.3) is 5.91 Å². The Labute approximate surface area is 136 Å². The van der Waals surface area contributed by atoms with Crippen LogP contribution in [-0.4, -0.2) is 28.9 Å². The highest BCUT2D eigenvalue weighted by Gasteiger charge is 2.13. The zero-order chi connectivity index (χ0) is 16.7. The van der Waals surface area contributed by atoms with Gasteiger partial charge in [0.05, 0.1) is 13.2 Å². The van der Waals surface area contributed by atoms with Gasteiger partial charge in [-0.2, -0.15) is 5.10 Å². The van der Waals surface area contributed by atoms with Crippen molar-refractivity contribution in [2.24, 2.45) is 7.05 Å². The van der Waals surface area contributed by atoms with Gasteiger partial charge < -0.3 is 14.8 Å². The molecular weight excluding hydrogens is 294 g/mol. The SMILES string of the molecule is CCCOc1ccc(C(=O)Nc2ccn(C)n2)cc1OCCC. The normalized spacial score (nSPS) is 10.4. The fourth-order valence-corrected chi connectivity index (χ4v) is 1.98. The summed E-state index contributed by atoms with van der Waals surface area (Å²) >= 11 is 0. The van der Waals surface area contributed by atoms with Crippen molar-refractivity contribution in [2.75, 3.05) is 18.5 Å². The molecule has 0 bridgehead atoms. The number of carbonyl (C=O) groups is 1. The van der Waals surface area contributed by atoms with Crippen LogP contribution >= 0.6 is 0 Å². The molecule has 0 saturated heterocycles. The molecule has 0 radical (unpaired) electrons. The first-order chi connectivity index (χ1) is 11.1. The lowest BCUT2D eigenvalue weighted by molar-refractivity contribution is 0.102. The average molecular weight is 317 g/mol. The molecule has 6 nitrogen and oxygen atoms in total. The first-order valence-corrected chi connectivity index (χ1v) is 7.84. The van der Waals surface area contributed by atoms with E-state index in [4.69, 9.17) is 9.47 Å². The smallest absolute Gasteiger partial charge is 0.257 e. The van der Waals surface area contributed by atoms with E-state index in [1.807, 2.05) is 13.8 Å². The van der Waals surface area contributed by atoms with Crippen molar-refractivity contribution in [3.05, 3.63) is 36.0 Å². The maximum absolute atomic E-state index is 12.3. The van der Waals surface area contributed by atoms with E-state index in [0.29, 0.717) is 36.1 Å². The Morgan fingerprint density at radius 1 is 1.13 bits per heavy atom. The summed E-state index contributed by atoms with van der Waals surface area (Å²) in [6.07, 6.45) is 3.57. The molecule has 2 rings (SSSR count). The molecule has 0 fully saturated rings. The molecule has 2 aromatic rings. The van der Waals surface area contributed by atoms with Gasteiger partial charge in [0, 0.05) is 24.9 Å². The van der Waals surface area contributed by atoms with Crippen molar-refractivity contribution >= 4 is 11.7 Å². The number of hydrogen-bond donors (Lipinski definition) is 1. The Morgan fingerprint density at radius 2 is 1.83 bits per heavy atom. The molecule has 1 aromatic heterocycles.